The minimum absolute atomic E-state index is 0.364. The van der Waals surface area contributed by atoms with Crippen LogP contribution in [0.4, 0.5) is 5.82 Å². The maximum absolute atomic E-state index is 6.14. The molecule has 2 heterocycles. The minimum Gasteiger partial charge on any atom is -0.366 e. The highest BCUT2D eigenvalue weighted by atomic mass is 35.5. The number of hydrogen-bond donors (Lipinski definition) is 1. The van der Waals surface area contributed by atoms with E-state index in [-0.39, 0.29) is 0 Å². The summed E-state index contributed by atoms with van der Waals surface area (Å²) in [6.07, 6.45) is 4.13. The van der Waals surface area contributed by atoms with E-state index in [9.17, 15) is 0 Å². The van der Waals surface area contributed by atoms with E-state index >= 15 is 0 Å². The number of benzene rings is 1. The van der Waals surface area contributed by atoms with Gasteiger partial charge in [-0.15, -0.1) is 5.10 Å². The summed E-state index contributed by atoms with van der Waals surface area (Å²) in [6, 6.07) is 12.1. The molecule has 1 atom stereocenters. The van der Waals surface area contributed by atoms with Crippen molar-refractivity contribution in [3.63, 3.8) is 0 Å². The number of nitrogens with zero attached hydrogens (tertiary/aromatic N) is 4. The second-order valence-corrected chi connectivity index (χ2v) is 7.29. The average Bonchev–Trinajstić information content (AvgIpc) is 3.08. The monoisotopic (exact) mass is 385 g/mol. The van der Waals surface area contributed by atoms with Crippen LogP contribution in [0.2, 0.25) is 5.02 Å². The molecule has 1 N–H and O–H groups in total. The van der Waals surface area contributed by atoms with Crippen molar-refractivity contribution in [1.29, 1.82) is 0 Å². The largest absolute Gasteiger partial charge is 0.366 e. The predicted molar refractivity (Wildman–Crippen MR) is 114 cm³/mol. The summed E-state index contributed by atoms with van der Waals surface area (Å²) in [6.45, 7) is 10.0. The molecule has 144 valence electrons. The summed E-state index contributed by atoms with van der Waals surface area (Å²) >= 11 is 6.14. The van der Waals surface area contributed by atoms with Crippen LogP contribution in [0, 0.1) is 0 Å². The molecule has 0 radical (unpaired) electrons. The Labute approximate surface area is 166 Å². The van der Waals surface area contributed by atoms with Crippen LogP contribution in [-0.2, 0) is 0 Å². The topological polar surface area (TPSA) is 45.5 Å². The van der Waals surface area contributed by atoms with Gasteiger partial charge in [0.15, 0.2) is 5.65 Å². The SMILES string of the molecule is CCN(CC)CCC[C@H](C)Nc1ccc2ncc(-c3cccc(Cl)c3)n2n1. The molecule has 0 aliphatic carbocycles. The van der Waals surface area contributed by atoms with Gasteiger partial charge >= 0.3 is 0 Å². The molecule has 3 aromatic rings. The van der Waals surface area contributed by atoms with Crippen LogP contribution in [0.15, 0.2) is 42.6 Å². The van der Waals surface area contributed by atoms with E-state index in [4.69, 9.17) is 16.7 Å². The summed E-state index contributed by atoms with van der Waals surface area (Å²) in [4.78, 5) is 6.91. The van der Waals surface area contributed by atoms with Gasteiger partial charge in [0, 0.05) is 16.6 Å². The Hall–Kier alpha value is -2.11. The number of nitrogens with one attached hydrogen (secondary N) is 1. The molecule has 0 aliphatic rings. The Morgan fingerprint density at radius 3 is 2.74 bits per heavy atom. The number of aromatic nitrogens is 3. The van der Waals surface area contributed by atoms with Gasteiger partial charge in [-0.1, -0.05) is 37.6 Å². The fourth-order valence-electron chi connectivity index (χ4n) is 3.28. The standard InChI is InChI=1S/C21H28ClN5/c1-4-26(5-2)13-7-8-16(3)24-20-11-12-21-23-15-19(27(21)25-20)17-9-6-10-18(22)14-17/h6,9-12,14-16H,4-5,7-8,13H2,1-3H3,(H,24,25)/t16-/m0/s1. The molecule has 0 bridgehead atoms. The third-order valence-corrected chi connectivity index (χ3v) is 5.12. The first-order valence-corrected chi connectivity index (χ1v) is 10.1. The lowest BCUT2D eigenvalue weighted by Gasteiger charge is -2.20. The zero-order valence-corrected chi connectivity index (χ0v) is 17.1. The van der Waals surface area contributed by atoms with Crippen molar-refractivity contribution in [1.82, 2.24) is 19.5 Å². The van der Waals surface area contributed by atoms with Gasteiger partial charge in [0.1, 0.15) is 5.82 Å². The number of fused-ring (bicyclic) bond motifs is 1. The van der Waals surface area contributed by atoms with Crippen LogP contribution < -0.4 is 5.32 Å². The van der Waals surface area contributed by atoms with Crippen molar-refractivity contribution in [2.45, 2.75) is 39.7 Å². The van der Waals surface area contributed by atoms with Crippen molar-refractivity contribution in [2.75, 3.05) is 25.0 Å². The molecule has 2 aromatic heterocycles. The Bertz CT molecular complexity index is 872. The number of anilines is 1. The molecule has 0 spiro atoms. The van der Waals surface area contributed by atoms with Crippen molar-refractivity contribution < 1.29 is 0 Å². The highest BCUT2D eigenvalue weighted by molar-refractivity contribution is 6.30. The molecule has 0 fully saturated rings. The molecule has 0 saturated heterocycles. The molecular weight excluding hydrogens is 358 g/mol. The summed E-state index contributed by atoms with van der Waals surface area (Å²) in [5.74, 6) is 0.860. The highest BCUT2D eigenvalue weighted by Crippen LogP contribution is 2.23. The van der Waals surface area contributed by atoms with Crippen molar-refractivity contribution in [3.8, 4) is 11.3 Å². The van der Waals surface area contributed by atoms with Gasteiger partial charge in [0.2, 0.25) is 0 Å². The molecule has 3 rings (SSSR count). The van der Waals surface area contributed by atoms with Crippen LogP contribution in [0.5, 0.6) is 0 Å². The van der Waals surface area contributed by atoms with Gasteiger partial charge in [-0.2, -0.15) is 0 Å². The number of rotatable bonds is 9. The second kappa shape index (κ2) is 9.20. The third kappa shape index (κ3) is 4.99. The van der Waals surface area contributed by atoms with Crippen LogP contribution in [-0.4, -0.2) is 45.2 Å². The average molecular weight is 386 g/mol. The Morgan fingerprint density at radius 1 is 1.19 bits per heavy atom. The first-order valence-electron chi connectivity index (χ1n) is 9.70. The quantitative estimate of drug-likeness (QED) is 0.564. The van der Waals surface area contributed by atoms with E-state index in [1.54, 1.807) is 0 Å². The summed E-state index contributed by atoms with van der Waals surface area (Å²) in [5, 5.41) is 8.97. The summed E-state index contributed by atoms with van der Waals surface area (Å²) < 4.78 is 1.87. The molecule has 0 saturated carbocycles. The number of hydrogen-bond acceptors (Lipinski definition) is 4. The number of imidazole rings is 1. The first-order chi connectivity index (χ1) is 13.1. The minimum atomic E-state index is 0.364. The Morgan fingerprint density at radius 2 is 2.00 bits per heavy atom. The first kappa shape index (κ1) is 19.6. The van der Waals surface area contributed by atoms with Crippen molar-refractivity contribution in [2.24, 2.45) is 0 Å². The smallest absolute Gasteiger partial charge is 0.154 e. The van der Waals surface area contributed by atoms with Crippen LogP contribution in [0.3, 0.4) is 0 Å². The lowest BCUT2D eigenvalue weighted by molar-refractivity contribution is 0.295. The third-order valence-electron chi connectivity index (χ3n) is 4.88. The van der Waals surface area contributed by atoms with E-state index < -0.39 is 0 Å². The molecule has 0 unspecified atom stereocenters. The van der Waals surface area contributed by atoms with Crippen molar-refractivity contribution in [3.05, 3.63) is 47.6 Å². The fourth-order valence-corrected chi connectivity index (χ4v) is 3.47. The summed E-state index contributed by atoms with van der Waals surface area (Å²) in [5.41, 5.74) is 2.77. The molecule has 0 aliphatic heterocycles. The van der Waals surface area contributed by atoms with Gasteiger partial charge in [-0.05, 0) is 63.7 Å². The van der Waals surface area contributed by atoms with Crippen LogP contribution >= 0.6 is 11.6 Å². The maximum Gasteiger partial charge on any atom is 0.154 e. The molecular formula is C21H28ClN5. The van der Waals surface area contributed by atoms with Gasteiger partial charge < -0.3 is 10.2 Å². The van der Waals surface area contributed by atoms with Gasteiger partial charge in [0.05, 0.1) is 11.9 Å². The lowest BCUT2D eigenvalue weighted by atomic mass is 10.1. The van der Waals surface area contributed by atoms with Gasteiger partial charge in [-0.3, -0.25) is 0 Å². The maximum atomic E-state index is 6.14. The van der Waals surface area contributed by atoms with E-state index in [1.807, 2.05) is 47.1 Å². The second-order valence-electron chi connectivity index (χ2n) is 6.86. The highest BCUT2D eigenvalue weighted by Gasteiger charge is 2.10. The number of halogens is 1. The van der Waals surface area contributed by atoms with Crippen LogP contribution in [0.1, 0.15) is 33.6 Å². The Balaban J connectivity index is 1.70. The summed E-state index contributed by atoms with van der Waals surface area (Å²) in [7, 11) is 0. The normalized spacial score (nSPS) is 12.6. The predicted octanol–water partition coefficient (Wildman–Crippen LogP) is 4.97. The molecule has 6 heteroatoms. The van der Waals surface area contributed by atoms with Crippen LogP contribution in [0.25, 0.3) is 16.9 Å². The van der Waals surface area contributed by atoms with E-state index in [2.05, 4.69) is 36.0 Å². The van der Waals surface area contributed by atoms with Gasteiger partial charge in [0.25, 0.3) is 0 Å². The Kier molecular flexibility index (Phi) is 6.69. The molecule has 5 nitrogen and oxygen atoms in total. The molecule has 27 heavy (non-hydrogen) atoms. The van der Waals surface area contributed by atoms with E-state index in [1.165, 1.54) is 6.42 Å². The molecule has 1 aromatic carbocycles. The lowest BCUT2D eigenvalue weighted by Crippen LogP contribution is -2.25. The van der Waals surface area contributed by atoms with Crippen molar-refractivity contribution >= 4 is 23.1 Å². The van der Waals surface area contributed by atoms with E-state index in [0.717, 1.165) is 48.8 Å². The van der Waals surface area contributed by atoms with E-state index in [0.29, 0.717) is 11.1 Å². The fraction of sp³-hybridized carbons (Fsp3) is 0.429. The van der Waals surface area contributed by atoms with Gasteiger partial charge in [-0.25, -0.2) is 9.50 Å². The molecule has 0 amide bonds. The zero-order valence-electron chi connectivity index (χ0n) is 16.3. The zero-order chi connectivity index (χ0) is 19.2.